The van der Waals surface area contributed by atoms with Gasteiger partial charge >= 0.3 is 6.09 Å². The van der Waals surface area contributed by atoms with E-state index in [0.29, 0.717) is 32.1 Å². The van der Waals surface area contributed by atoms with Crippen molar-refractivity contribution in [1.29, 1.82) is 0 Å². The third-order valence-electron chi connectivity index (χ3n) is 5.54. The van der Waals surface area contributed by atoms with E-state index in [0.717, 1.165) is 16.9 Å². The molecule has 1 aliphatic heterocycles. The average molecular weight is 586 g/mol. The number of hydrogen-bond acceptors (Lipinski definition) is 8. The minimum atomic E-state index is -5.16. The van der Waals surface area contributed by atoms with Crippen molar-refractivity contribution in [3.8, 4) is 5.75 Å². The number of nitrogens with zero attached hydrogens (tertiary/aromatic N) is 3. The number of thiazole rings is 1. The maximum absolute atomic E-state index is 15.4. The zero-order valence-corrected chi connectivity index (χ0v) is 23.2. The number of likely N-dealkylation sites (tertiary alicyclic amines) is 1. The standard InChI is InChI=1S/C25H26ClF2N3O5S2/c1-25(2,3)36-24(32)31(20-14-37-15-29-20)38(33,34)23-18(27)11-19(21(26)22(23)28)35-17-9-10-30(13-17)12-16-7-5-4-6-8-16/h4-8,11,14-15,17H,9-10,12-13H2,1-3H3/t17-/m0/s1. The minimum Gasteiger partial charge on any atom is -0.487 e. The van der Waals surface area contributed by atoms with Gasteiger partial charge in [-0.15, -0.1) is 15.6 Å². The van der Waals surface area contributed by atoms with E-state index < -0.39 is 49.4 Å². The summed E-state index contributed by atoms with van der Waals surface area (Å²) in [6.07, 6.45) is -1.20. The molecular formula is C25H26ClF2N3O5S2. The van der Waals surface area contributed by atoms with Gasteiger partial charge in [0.1, 0.15) is 22.5 Å². The summed E-state index contributed by atoms with van der Waals surface area (Å²) in [4.78, 5) is 17.4. The highest BCUT2D eigenvalue weighted by molar-refractivity contribution is 7.93. The van der Waals surface area contributed by atoms with Crippen LogP contribution in [-0.2, 0) is 21.3 Å². The first-order chi connectivity index (χ1) is 17.9. The number of hydrogen-bond donors (Lipinski definition) is 0. The number of aromatic nitrogens is 1. The highest BCUT2D eigenvalue weighted by Crippen LogP contribution is 2.38. The molecule has 2 heterocycles. The minimum absolute atomic E-state index is 0.117. The van der Waals surface area contributed by atoms with Crippen LogP contribution in [-0.4, -0.2) is 49.2 Å². The Hall–Kier alpha value is -2.80. The number of halogens is 3. The SMILES string of the molecule is CC(C)(C)OC(=O)N(c1cscn1)S(=O)(=O)c1c(F)cc(O[C@H]2CCN(Cc3ccccc3)C2)c(Cl)c1F. The summed E-state index contributed by atoms with van der Waals surface area (Å²) in [6, 6.07) is 10.5. The molecule has 1 fully saturated rings. The zero-order valence-electron chi connectivity index (χ0n) is 20.9. The Bertz CT molecular complexity index is 1400. The first-order valence-corrected chi connectivity index (χ1v) is 14.4. The van der Waals surface area contributed by atoms with E-state index in [1.165, 1.54) is 31.7 Å². The van der Waals surface area contributed by atoms with Crippen molar-refractivity contribution < 1.29 is 31.5 Å². The summed E-state index contributed by atoms with van der Waals surface area (Å²) < 4.78 is 68.6. The first-order valence-electron chi connectivity index (χ1n) is 11.6. The quantitative estimate of drug-likeness (QED) is 0.321. The summed E-state index contributed by atoms with van der Waals surface area (Å²) in [5.74, 6) is -3.75. The first kappa shape index (κ1) is 28.2. The van der Waals surface area contributed by atoms with Crippen LogP contribution in [0.4, 0.5) is 19.4 Å². The smallest absolute Gasteiger partial charge is 0.430 e. The van der Waals surface area contributed by atoms with Gasteiger partial charge in [0.2, 0.25) is 0 Å². The molecule has 1 saturated heterocycles. The van der Waals surface area contributed by atoms with Crippen molar-refractivity contribution in [2.24, 2.45) is 0 Å². The topological polar surface area (TPSA) is 89.0 Å². The van der Waals surface area contributed by atoms with Crippen LogP contribution in [0.3, 0.4) is 0 Å². The van der Waals surface area contributed by atoms with Gasteiger partial charge in [-0.25, -0.2) is 27.0 Å². The van der Waals surface area contributed by atoms with Crippen LogP contribution in [0.15, 0.2) is 52.2 Å². The van der Waals surface area contributed by atoms with Gasteiger partial charge in [0, 0.05) is 31.1 Å². The van der Waals surface area contributed by atoms with Gasteiger partial charge in [-0.3, -0.25) is 4.90 Å². The Morgan fingerprint density at radius 1 is 1.26 bits per heavy atom. The number of amides is 1. The Balaban J connectivity index is 1.59. The summed E-state index contributed by atoms with van der Waals surface area (Å²) in [6.45, 7) is 6.43. The Morgan fingerprint density at radius 2 is 1.97 bits per heavy atom. The van der Waals surface area contributed by atoms with Gasteiger partial charge in [-0.05, 0) is 32.8 Å². The molecule has 0 radical (unpaired) electrons. The number of sulfonamides is 1. The van der Waals surface area contributed by atoms with Gasteiger partial charge in [0.05, 0.1) is 5.51 Å². The normalized spacial score (nSPS) is 16.4. The molecule has 0 spiro atoms. The van der Waals surface area contributed by atoms with Gasteiger partial charge in [-0.1, -0.05) is 41.9 Å². The zero-order chi connectivity index (χ0) is 27.7. The molecule has 38 heavy (non-hydrogen) atoms. The van der Waals surface area contributed by atoms with Crippen molar-refractivity contribution >= 4 is 44.9 Å². The third kappa shape index (κ3) is 6.25. The lowest BCUT2D eigenvalue weighted by Gasteiger charge is -2.26. The monoisotopic (exact) mass is 585 g/mol. The molecule has 3 aromatic rings. The molecule has 0 N–H and O–H groups in total. The second-order valence-electron chi connectivity index (χ2n) is 9.66. The van der Waals surface area contributed by atoms with Crippen molar-refractivity contribution in [2.75, 3.05) is 17.4 Å². The van der Waals surface area contributed by atoms with Crippen molar-refractivity contribution in [2.45, 2.75) is 50.3 Å². The summed E-state index contributed by atoms with van der Waals surface area (Å²) >= 11 is 7.13. The van der Waals surface area contributed by atoms with E-state index in [1.54, 1.807) is 0 Å². The largest absolute Gasteiger partial charge is 0.487 e. The second-order valence-corrected chi connectivity index (χ2v) is 12.5. The van der Waals surface area contributed by atoms with Crippen LogP contribution in [0, 0.1) is 11.6 Å². The molecule has 13 heteroatoms. The molecule has 1 atom stereocenters. The molecule has 0 unspecified atom stereocenters. The molecule has 204 valence electrons. The van der Waals surface area contributed by atoms with Gasteiger partial charge in [0.15, 0.2) is 22.3 Å². The molecule has 1 aromatic heterocycles. The van der Waals surface area contributed by atoms with Gasteiger partial charge < -0.3 is 9.47 Å². The van der Waals surface area contributed by atoms with E-state index in [-0.39, 0.29) is 15.9 Å². The number of ether oxygens (including phenoxy) is 2. The fourth-order valence-electron chi connectivity index (χ4n) is 3.95. The molecule has 4 rings (SSSR count). The highest BCUT2D eigenvalue weighted by atomic mass is 35.5. The molecule has 0 bridgehead atoms. The molecule has 0 aliphatic carbocycles. The van der Waals surface area contributed by atoms with Crippen molar-refractivity contribution in [3.63, 3.8) is 0 Å². The van der Waals surface area contributed by atoms with Crippen molar-refractivity contribution in [3.05, 3.63) is 69.5 Å². The molecule has 0 saturated carbocycles. The van der Waals surface area contributed by atoms with Crippen LogP contribution >= 0.6 is 22.9 Å². The van der Waals surface area contributed by atoms with Crippen LogP contribution in [0.5, 0.6) is 5.75 Å². The molecule has 1 amide bonds. The average Bonchev–Trinajstić information content (AvgIpc) is 3.49. The van der Waals surface area contributed by atoms with Gasteiger partial charge in [-0.2, -0.15) is 0 Å². The van der Waals surface area contributed by atoms with E-state index in [1.807, 2.05) is 30.3 Å². The molecular weight excluding hydrogens is 560 g/mol. The molecule has 8 nitrogen and oxygen atoms in total. The van der Waals surface area contributed by atoms with E-state index in [4.69, 9.17) is 21.1 Å². The Morgan fingerprint density at radius 3 is 2.61 bits per heavy atom. The lowest BCUT2D eigenvalue weighted by molar-refractivity contribution is 0.0608. The Labute approximate surface area is 228 Å². The number of benzene rings is 2. The van der Waals surface area contributed by atoms with Crippen LogP contribution in [0.2, 0.25) is 5.02 Å². The van der Waals surface area contributed by atoms with E-state index in [9.17, 15) is 13.2 Å². The van der Waals surface area contributed by atoms with Crippen LogP contribution < -0.4 is 9.04 Å². The molecule has 1 aliphatic rings. The van der Waals surface area contributed by atoms with Crippen LogP contribution in [0.25, 0.3) is 0 Å². The Kier molecular flexibility index (Phi) is 8.26. The third-order valence-corrected chi connectivity index (χ3v) is 8.17. The van der Waals surface area contributed by atoms with Crippen LogP contribution in [0.1, 0.15) is 32.8 Å². The number of rotatable bonds is 7. The fourth-order valence-corrected chi connectivity index (χ4v) is 6.18. The second kappa shape index (κ2) is 11.1. The number of anilines is 1. The number of carbonyl (C=O) groups excluding carboxylic acids is 1. The highest BCUT2D eigenvalue weighted by Gasteiger charge is 2.41. The lowest BCUT2D eigenvalue weighted by atomic mass is 10.2. The number of carbonyl (C=O) groups is 1. The predicted molar refractivity (Wildman–Crippen MR) is 140 cm³/mol. The lowest BCUT2D eigenvalue weighted by Crippen LogP contribution is -2.41. The van der Waals surface area contributed by atoms with E-state index in [2.05, 4.69) is 9.88 Å². The predicted octanol–water partition coefficient (Wildman–Crippen LogP) is 5.86. The maximum atomic E-state index is 15.4. The van der Waals surface area contributed by atoms with E-state index >= 15 is 8.78 Å². The molecule has 2 aromatic carbocycles. The summed E-state index contributed by atoms with van der Waals surface area (Å²) in [5.41, 5.74) is 1.29. The maximum Gasteiger partial charge on any atom is 0.430 e. The summed E-state index contributed by atoms with van der Waals surface area (Å²) in [7, 11) is -5.16. The van der Waals surface area contributed by atoms with Crippen molar-refractivity contribution in [1.82, 2.24) is 9.88 Å². The fraction of sp³-hybridized carbons (Fsp3) is 0.360. The summed E-state index contributed by atoms with van der Waals surface area (Å²) in [5, 5.41) is 0.520. The van der Waals surface area contributed by atoms with Gasteiger partial charge in [0.25, 0.3) is 10.0 Å².